The van der Waals surface area contributed by atoms with Crippen molar-refractivity contribution < 1.29 is 9.90 Å². The number of carbonyl (C=O) groups is 1. The Morgan fingerprint density at radius 1 is 1.18 bits per heavy atom. The molecule has 1 unspecified atom stereocenters. The highest BCUT2D eigenvalue weighted by atomic mass is 16.4. The van der Waals surface area contributed by atoms with Crippen LogP contribution >= 0.6 is 0 Å². The van der Waals surface area contributed by atoms with E-state index >= 15 is 0 Å². The van der Waals surface area contributed by atoms with Gasteiger partial charge in [0.2, 0.25) is 0 Å². The number of hydrogen-bond acceptors (Lipinski definition) is 3. The Morgan fingerprint density at radius 2 is 1.79 bits per heavy atom. The number of carboxylic acid groups (broad SMARTS) is 1. The molecule has 28 heavy (non-hydrogen) atoms. The van der Waals surface area contributed by atoms with Crippen LogP contribution in [0.3, 0.4) is 0 Å². The number of rotatable bonds is 5. The van der Waals surface area contributed by atoms with Gasteiger partial charge in [-0.1, -0.05) is 57.9 Å². The summed E-state index contributed by atoms with van der Waals surface area (Å²) >= 11 is 0. The molecule has 3 rings (SSSR count). The Morgan fingerprint density at radius 3 is 2.29 bits per heavy atom. The zero-order valence-electron chi connectivity index (χ0n) is 17.2. The lowest BCUT2D eigenvalue weighted by atomic mass is 9.55. The first-order chi connectivity index (χ1) is 13.2. The van der Waals surface area contributed by atoms with Gasteiger partial charge >= 0.3 is 5.97 Å². The van der Waals surface area contributed by atoms with Gasteiger partial charge in [-0.2, -0.15) is 5.10 Å². The second kappa shape index (κ2) is 7.53. The lowest BCUT2D eigenvalue weighted by Gasteiger charge is -2.46. The molecule has 0 bridgehead atoms. The fraction of sp³-hybridized carbons (Fsp3) is 0.522. The predicted molar refractivity (Wildman–Crippen MR) is 110 cm³/mol. The third kappa shape index (κ3) is 3.50. The first-order valence-electron chi connectivity index (χ1n) is 10.0. The number of carboxylic acids is 1. The van der Waals surface area contributed by atoms with Crippen LogP contribution in [0, 0.1) is 18.3 Å². The van der Waals surface area contributed by atoms with Gasteiger partial charge in [0, 0.05) is 6.07 Å². The van der Waals surface area contributed by atoms with E-state index in [1.165, 1.54) is 4.68 Å². The van der Waals surface area contributed by atoms with Crippen molar-refractivity contribution in [2.45, 2.75) is 65.3 Å². The molecule has 0 radical (unpaired) electrons. The molecule has 0 saturated heterocycles. The van der Waals surface area contributed by atoms with Crippen molar-refractivity contribution in [3.63, 3.8) is 0 Å². The van der Waals surface area contributed by atoms with Crippen LogP contribution in [-0.4, -0.2) is 20.9 Å². The van der Waals surface area contributed by atoms with Crippen LogP contribution in [0.5, 0.6) is 0 Å². The molecule has 1 fully saturated rings. The third-order valence-electron chi connectivity index (χ3n) is 6.24. The zero-order chi connectivity index (χ0) is 20.5. The summed E-state index contributed by atoms with van der Waals surface area (Å²) in [4.78, 5) is 24.7. The fourth-order valence-corrected chi connectivity index (χ4v) is 4.95. The van der Waals surface area contributed by atoms with Gasteiger partial charge in [0.05, 0.1) is 12.7 Å². The van der Waals surface area contributed by atoms with Crippen LogP contribution in [-0.2, 0) is 16.8 Å². The van der Waals surface area contributed by atoms with E-state index in [-0.39, 0.29) is 11.5 Å². The highest BCUT2D eigenvalue weighted by Gasteiger charge is 2.55. The molecule has 2 aromatic rings. The van der Waals surface area contributed by atoms with Gasteiger partial charge in [-0.05, 0) is 47.8 Å². The topological polar surface area (TPSA) is 72.2 Å². The van der Waals surface area contributed by atoms with Gasteiger partial charge in [0.15, 0.2) is 0 Å². The summed E-state index contributed by atoms with van der Waals surface area (Å²) in [6.45, 7) is 8.31. The van der Waals surface area contributed by atoms with Crippen molar-refractivity contribution in [2.75, 3.05) is 0 Å². The molecule has 1 heterocycles. The Bertz CT molecular complexity index is 903. The Balaban J connectivity index is 1.98. The van der Waals surface area contributed by atoms with Crippen molar-refractivity contribution in [3.8, 4) is 0 Å². The first-order valence-corrected chi connectivity index (χ1v) is 10.0. The molecule has 1 aliphatic carbocycles. The summed E-state index contributed by atoms with van der Waals surface area (Å²) < 4.78 is 1.42. The number of nitrogens with zero attached hydrogens (tertiary/aromatic N) is 2. The smallest absolute Gasteiger partial charge is 0.314 e. The van der Waals surface area contributed by atoms with E-state index in [0.717, 1.165) is 42.4 Å². The molecule has 150 valence electrons. The standard InChI is InChI=1S/C23H30N2O3/c1-16-13-20(26)25(24-14-16)15-17-9-11-19(12-10-17)23(21(27)28,22(2,3)4)18-7-5-6-8-18/h9-14,18H,5-8,15H2,1-4H3,(H,27,28). The van der Waals surface area contributed by atoms with Crippen molar-refractivity contribution in [2.24, 2.45) is 11.3 Å². The van der Waals surface area contributed by atoms with E-state index in [9.17, 15) is 14.7 Å². The highest BCUT2D eigenvalue weighted by Crippen LogP contribution is 2.52. The molecule has 5 nitrogen and oxygen atoms in total. The van der Waals surface area contributed by atoms with Crippen LogP contribution in [0.2, 0.25) is 0 Å². The van der Waals surface area contributed by atoms with Gasteiger partial charge in [0.25, 0.3) is 5.56 Å². The quantitative estimate of drug-likeness (QED) is 0.843. The van der Waals surface area contributed by atoms with Crippen molar-refractivity contribution in [3.05, 3.63) is 63.6 Å². The summed E-state index contributed by atoms with van der Waals surface area (Å²) in [6.07, 6.45) is 5.76. The molecular weight excluding hydrogens is 352 g/mol. The average molecular weight is 383 g/mol. The summed E-state index contributed by atoms with van der Waals surface area (Å²) in [5.41, 5.74) is 1.16. The lowest BCUT2D eigenvalue weighted by molar-refractivity contribution is -0.152. The van der Waals surface area contributed by atoms with Crippen molar-refractivity contribution in [1.29, 1.82) is 0 Å². The van der Waals surface area contributed by atoms with E-state index in [1.807, 2.05) is 52.0 Å². The SMILES string of the molecule is Cc1cnn(Cc2ccc(C(C(=O)O)(C3CCCC3)C(C)(C)C)cc2)c(=O)c1. The number of aliphatic carboxylic acids is 1. The van der Waals surface area contributed by atoms with Crippen molar-refractivity contribution >= 4 is 5.97 Å². The summed E-state index contributed by atoms with van der Waals surface area (Å²) in [5.74, 6) is -0.603. The maximum Gasteiger partial charge on any atom is 0.314 e. The first kappa shape index (κ1) is 20.3. The molecule has 1 aliphatic rings. The molecule has 1 aromatic carbocycles. The molecule has 1 N–H and O–H groups in total. The van der Waals surface area contributed by atoms with Crippen LogP contribution in [0.25, 0.3) is 0 Å². The van der Waals surface area contributed by atoms with Crippen LogP contribution in [0.15, 0.2) is 41.3 Å². The lowest BCUT2D eigenvalue weighted by Crippen LogP contribution is -2.52. The summed E-state index contributed by atoms with van der Waals surface area (Å²) in [5, 5.41) is 14.6. The summed E-state index contributed by atoms with van der Waals surface area (Å²) in [7, 11) is 0. The third-order valence-corrected chi connectivity index (χ3v) is 6.24. The van der Waals surface area contributed by atoms with E-state index in [4.69, 9.17) is 0 Å². The molecule has 1 saturated carbocycles. The molecular formula is C23H30N2O3. The van der Waals surface area contributed by atoms with Gasteiger partial charge in [0.1, 0.15) is 5.41 Å². The average Bonchev–Trinajstić information content (AvgIpc) is 3.12. The monoisotopic (exact) mass is 382 g/mol. The predicted octanol–water partition coefficient (Wildman–Crippen LogP) is 4.16. The Kier molecular flexibility index (Phi) is 5.46. The van der Waals surface area contributed by atoms with E-state index < -0.39 is 16.8 Å². The molecule has 0 spiro atoms. The number of aromatic nitrogens is 2. The Hall–Kier alpha value is -2.43. The largest absolute Gasteiger partial charge is 0.481 e. The molecule has 5 heteroatoms. The normalized spacial score (nSPS) is 17.4. The van der Waals surface area contributed by atoms with Crippen LogP contribution in [0.1, 0.15) is 63.1 Å². The number of aryl methyl sites for hydroxylation is 1. The van der Waals surface area contributed by atoms with Crippen LogP contribution < -0.4 is 5.56 Å². The maximum atomic E-state index is 12.7. The van der Waals surface area contributed by atoms with E-state index in [1.54, 1.807) is 12.3 Å². The van der Waals surface area contributed by atoms with E-state index in [2.05, 4.69) is 5.10 Å². The maximum absolute atomic E-state index is 12.7. The second-order valence-corrected chi connectivity index (χ2v) is 9.07. The van der Waals surface area contributed by atoms with Gasteiger partial charge in [-0.3, -0.25) is 9.59 Å². The molecule has 0 aliphatic heterocycles. The zero-order valence-corrected chi connectivity index (χ0v) is 17.2. The minimum atomic E-state index is -0.916. The molecule has 1 aromatic heterocycles. The molecule has 1 atom stereocenters. The van der Waals surface area contributed by atoms with Gasteiger partial charge < -0.3 is 5.11 Å². The summed E-state index contributed by atoms with van der Waals surface area (Å²) in [6, 6.07) is 9.30. The highest BCUT2D eigenvalue weighted by molar-refractivity contribution is 5.83. The minimum absolute atomic E-state index is 0.135. The Labute approximate surface area is 166 Å². The number of benzene rings is 1. The van der Waals surface area contributed by atoms with Gasteiger partial charge in [-0.15, -0.1) is 0 Å². The van der Waals surface area contributed by atoms with Crippen molar-refractivity contribution in [1.82, 2.24) is 9.78 Å². The molecule has 0 amide bonds. The second-order valence-electron chi connectivity index (χ2n) is 9.07. The minimum Gasteiger partial charge on any atom is -0.481 e. The fourth-order valence-electron chi connectivity index (χ4n) is 4.95. The van der Waals surface area contributed by atoms with Gasteiger partial charge in [-0.25, -0.2) is 4.68 Å². The van der Waals surface area contributed by atoms with E-state index in [0.29, 0.717) is 6.54 Å². The van der Waals surface area contributed by atoms with Crippen LogP contribution in [0.4, 0.5) is 0 Å². The number of hydrogen-bond donors (Lipinski definition) is 1.